The summed E-state index contributed by atoms with van der Waals surface area (Å²) in [6, 6.07) is 7.64. The minimum Gasteiger partial charge on any atom is -0.463 e. The van der Waals surface area contributed by atoms with Crippen LogP contribution in [0, 0.1) is 0 Å². The molecule has 1 N–H and O–H groups in total. The molecule has 1 unspecified atom stereocenters. The van der Waals surface area contributed by atoms with E-state index in [9.17, 15) is 4.79 Å². The highest BCUT2D eigenvalue weighted by molar-refractivity contribution is 8.01. The molecule has 0 aliphatic carbocycles. The molecule has 4 rings (SSSR count). The van der Waals surface area contributed by atoms with Crippen molar-refractivity contribution in [3.63, 3.8) is 0 Å². The average Bonchev–Trinajstić information content (AvgIpc) is 3.47. The van der Waals surface area contributed by atoms with Gasteiger partial charge in [-0.25, -0.2) is 5.01 Å². The van der Waals surface area contributed by atoms with Crippen LogP contribution in [0.1, 0.15) is 30.0 Å². The molecule has 0 spiro atoms. The number of amides is 1. The predicted molar refractivity (Wildman–Crippen MR) is 109 cm³/mol. The first kappa shape index (κ1) is 18.2. The summed E-state index contributed by atoms with van der Waals surface area (Å²) in [5.74, 6) is 0.913. The van der Waals surface area contributed by atoms with Crippen molar-refractivity contribution in [1.82, 2.24) is 15.2 Å². The van der Waals surface area contributed by atoms with Gasteiger partial charge >= 0.3 is 0 Å². The molecule has 0 aromatic carbocycles. The van der Waals surface area contributed by atoms with Gasteiger partial charge in [-0.15, -0.1) is 21.5 Å². The lowest BCUT2D eigenvalue weighted by Crippen LogP contribution is -2.28. The van der Waals surface area contributed by atoms with Crippen molar-refractivity contribution in [2.75, 3.05) is 17.6 Å². The summed E-state index contributed by atoms with van der Waals surface area (Å²) in [5.41, 5.74) is 0.794. The molecule has 1 aliphatic rings. The smallest absolute Gasteiger partial charge is 0.253 e. The number of aromatic nitrogens is 2. The molecule has 1 amide bonds. The van der Waals surface area contributed by atoms with E-state index in [-0.39, 0.29) is 17.7 Å². The fraction of sp³-hybridized carbons (Fsp3) is 0.294. The Hall–Kier alpha value is -2.17. The summed E-state index contributed by atoms with van der Waals surface area (Å²) in [7, 11) is 0. The Morgan fingerprint density at radius 1 is 1.41 bits per heavy atom. The Morgan fingerprint density at radius 2 is 2.33 bits per heavy atom. The SMILES string of the molecule is CCNc1nnc(SCC(=O)N2N=C(c3ccco3)CC2c2cccs2)s1. The van der Waals surface area contributed by atoms with Crippen molar-refractivity contribution in [2.45, 2.75) is 23.7 Å². The number of hydrazone groups is 1. The Balaban J connectivity index is 1.48. The molecule has 10 heteroatoms. The number of furan rings is 1. The van der Waals surface area contributed by atoms with E-state index in [4.69, 9.17) is 4.42 Å². The van der Waals surface area contributed by atoms with Gasteiger partial charge in [0.25, 0.3) is 5.91 Å². The van der Waals surface area contributed by atoms with Gasteiger partial charge in [0.2, 0.25) is 5.13 Å². The number of hydrogen-bond acceptors (Lipinski definition) is 9. The van der Waals surface area contributed by atoms with Gasteiger partial charge in [-0.05, 0) is 30.5 Å². The highest BCUT2D eigenvalue weighted by atomic mass is 32.2. The molecule has 0 radical (unpaired) electrons. The molecule has 4 heterocycles. The van der Waals surface area contributed by atoms with Crippen LogP contribution < -0.4 is 5.32 Å². The molecule has 0 saturated heterocycles. The summed E-state index contributed by atoms with van der Waals surface area (Å²) < 4.78 is 6.24. The maximum atomic E-state index is 12.9. The lowest BCUT2D eigenvalue weighted by Gasteiger charge is -2.20. The highest BCUT2D eigenvalue weighted by Crippen LogP contribution is 2.36. The summed E-state index contributed by atoms with van der Waals surface area (Å²) in [6.45, 7) is 2.79. The highest BCUT2D eigenvalue weighted by Gasteiger charge is 2.34. The van der Waals surface area contributed by atoms with Gasteiger partial charge < -0.3 is 9.73 Å². The topological polar surface area (TPSA) is 83.6 Å². The van der Waals surface area contributed by atoms with Crippen molar-refractivity contribution < 1.29 is 9.21 Å². The number of carbonyl (C=O) groups is 1. The van der Waals surface area contributed by atoms with Crippen LogP contribution in [0.5, 0.6) is 0 Å². The van der Waals surface area contributed by atoms with Crippen molar-refractivity contribution in [3.8, 4) is 0 Å². The zero-order valence-electron chi connectivity index (χ0n) is 14.5. The number of thioether (sulfide) groups is 1. The van der Waals surface area contributed by atoms with Gasteiger partial charge in [0.1, 0.15) is 11.5 Å². The lowest BCUT2D eigenvalue weighted by molar-refractivity contribution is -0.130. The number of rotatable bonds is 7. The minimum atomic E-state index is -0.0926. The number of thiophene rings is 1. The van der Waals surface area contributed by atoms with E-state index in [1.165, 1.54) is 23.1 Å². The maximum Gasteiger partial charge on any atom is 0.253 e. The van der Waals surface area contributed by atoms with E-state index in [1.54, 1.807) is 22.6 Å². The lowest BCUT2D eigenvalue weighted by atomic mass is 10.1. The van der Waals surface area contributed by atoms with E-state index in [1.807, 2.05) is 36.6 Å². The molecule has 0 bridgehead atoms. The third-order valence-corrected chi connectivity index (χ3v) is 6.87. The molecule has 0 fully saturated rings. The van der Waals surface area contributed by atoms with Crippen molar-refractivity contribution in [1.29, 1.82) is 0 Å². The van der Waals surface area contributed by atoms with E-state index in [0.717, 1.165) is 26.6 Å². The molecule has 1 aliphatic heterocycles. The van der Waals surface area contributed by atoms with Crippen LogP contribution in [-0.4, -0.2) is 39.1 Å². The third kappa shape index (κ3) is 4.07. The fourth-order valence-electron chi connectivity index (χ4n) is 2.71. The molecule has 3 aromatic heterocycles. The second kappa shape index (κ2) is 8.24. The third-order valence-electron chi connectivity index (χ3n) is 3.90. The summed E-state index contributed by atoms with van der Waals surface area (Å²) in [5, 5.41) is 20.2. The van der Waals surface area contributed by atoms with E-state index in [2.05, 4.69) is 20.6 Å². The first-order valence-electron chi connectivity index (χ1n) is 8.41. The maximum absolute atomic E-state index is 12.9. The Kier molecular flexibility index (Phi) is 5.55. The zero-order chi connectivity index (χ0) is 18.6. The molecule has 0 saturated carbocycles. The van der Waals surface area contributed by atoms with E-state index in [0.29, 0.717) is 12.2 Å². The first-order chi connectivity index (χ1) is 13.2. The van der Waals surface area contributed by atoms with Gasteiger partial charge in [0, 0.05) is 17.8 Å². The summed E-state index contributed by atoms with van der Waals surface area (Å²) in [4.78, 5) is 14.0. The van der Waals surface area contributed by atoms with Crippen LogP contribution in [0.25, 0.3) is 0 Å². The first-order valence-corrected chi connectivity index (χ1v) is 11.1. The van der Waals surface area contributed by atoms with Crippen LogP contribution in [0.4, 0.5) is 5.13 Å². The Bertz CT molecular complexity index is 920. The fourth-order valence-corrected chi connectivity index (χ4v) is 5.20. The molecule has 7 nitrogen and oxygen atoms in total. The van der Waals surface area contributed by atoms with Crippen molar-refractivity contribution in [3.05, 3.63) is 46.5 Å². The van der Waals surface area contributed by atoms with Gasteiger partial charge in [-0.3, -0.25) is 4.79 Å². The van der Waals surface area contributed by atoms with Gasteiger partial charge in [0.15, 0.2) is 4.34 Å². The molecular formula is C17H17N5O2S3. The Labute approximate surface area is 168 Å². The average molecular weight is 420 g/mol. The number of hydrogen-bond donors (Lipinski definition) is 1. The molecule has 3 aromatic rings. The normalized spacial score (nSPS) is 16.6. The van der Waals surface area contributed by atoms with Crippen LogP contribution in [0.15, 0.2) is 49.8 Å². The molecule has 27 heavy (non-hydrogen) atoms. The quantitative estimate of drug-likeness (QED) is 0.581. The zero-order valence-corrected chi connectivity index (χ0v) is 16.9. The summed E-state index contributed by atoms with van der Waals surface area (Å²) in [6.07, 6.45) is 2.27. The van der Waals surface area contributed by atoms with Crippen LogP contribution in [0.2, 0.25) is 0 Å². The molecule has 140 valence electrons. The van der Waals surface area contributed by atoms with Crippen LogP contribution >= 0.6 is 34.4 Å². The van der Waals surface area contributed by atoms with E-state index < -0.39 is 0 Å². The van der Waals surface area contributed by atoms with Gasteiger partial charge in [0.05, 0.1) is 18.1 Å². The number of nitrogens with zero attached hydrogens (tertiary/aromatic N) is 4. The van der Waals surface area contributed by atoms with E-state index >= 15 is 0 Å². The van der Waals surface area contributed by atoms with Crippen LogP contribution in [0.3, 0.4) is 0 Å². The van der Waals surface area contributed by atoms with Crippen molar-refractivity contribution in [2.24, 2.45) is 5.10 Å². The molecular weight excluding hydrogens is 402 g/mol. The van der Waals surface area contributed by atoms with Gasteiger partial charge in [-0.1, -0.05) is 29.2 Å². The van der Waals surface area contributed by atoms with Gasteiger partial charge in [-0.2, -0.15) is 5.10 Å². The van der Waals surface area contributed by atoms with Crippen LogP contribution in [-0.2, 0) is 4.79 Å². The number of carbonyl (C=O) groups excluding carboxylic acids is 1. The second-order valence-corrected chi connectivity index (χ2v) is 8.87. The summed E-state index contributed by atoms with van der Waals surface area (Å²) >= 11 is 4.46. The number of nitrogens with one attached hydrogen (secondary N) is 1. The largest absolute Gasteiger partial charge is 0.463 e. The minimum absolute atomic E-state index is 0.0554. The molecule has 1 atom stereocenters. The number of anilines is 1. The predicted octanol–water partition coefficient (Wildman–Crippen LogP) is 4.09. The standard InChI is InChI=1S/C17H17N5O2S3/c1-2-18-16-19-20-17(27-16)26-10-15(23)22-12(14-6-4-8-25-14)9-11(21-22)13-5-3-7-24-13/h3-8,12H,2,9-10H2,1H3,(H,18,19). The monoisotopic (exact) mass is 419 g/mol. The second-order valence-electron chi connectivity index (χ2n) is 5.69. The van der Waals surface area contributed by atoms with Crippen molar-refractivity contribution >= 4 is 51.2 Å². The Morgan fingerprint density at radius 3 is 3.07 bits per heavy atom.